The van der Waals surface area contributed by atoms with Gasteiger partial charge < -0.3 is 9.47 Å². The third kappa shape index (κ3) is 4.83. The van der Waals surface area contributed by atoms with E-state index in [2.05, 4.69) is 26.5 Å². The Balaban J connectivity index is 2.09. The quantitative estimate of drug-likeness (QED) is 0.573. The topological polar surface area (TPSA) is 59.9 Å². The Labute approximate surface area is 149 Å². The van der Waals surface area contributed by atoms with Crippen LogP contribution in [0.2, 0.25) is 0 Å². The van der Waals surface area contributed by atoms with Crippen molar-refractivity contribution in [1.29, 1.82) is 0 Å². The van der Waals surface area contributed by atoms with Crippen LogP contribution in [0, 0.1) is 0 Å². The lowest BCUT2D eigenvalue weighted by atomic mass is 10.2. The second kappa shape index (κ2) is 9.08. The number of carbonyl (C=O) groups excluding carboxylic acids is 1. The number of halogens is 1. The average molecular weight is 391 g/mol. The fourth-order valence-electron chi connectivity index (χ4n) is 2.01. The number of hydrogen-bond donors (Lipinski definition) is 1. The predicted molar refractivity (Wildman–Crippen MR) is 98.0 cm³/mol. The van der Waals surface area contributed by atoms with Crippen molar-refractivity contribution in [3.63, 3.8) is 0 Å². The van der Waals surface area contributed by atoms with Crippen molar-refractivity contribution < 1.29 is 14.3 Å². The minimum Gasteiger partial charge on any atom is -0.496 e. The van der Waals surface area contributed by atoms with E-state index in [1.165, 1.54) is 7.11 Å². The van der Waals surface area contributed by atoms with E-state index in [1.807, 2.05) is 31.2 Å². The van der Waals surface area contributed by atoms with Gasteiger partial charge in [0.15, 0.2) is 0 Å². The van der Waals surface area contributed by atoms with E-state index in [-0.39, 0.29) is 5.91 Å². The van der Waals surface area contributed by atoms with Gasteiger partial charge in [-0.05, 0) is 36.8 Å². The molecule has 0 aliphatic heterocycles. The molecule has 24 heavy (non-hydrogen) atoms. The van der Waals surface area contributed by atoms with Crippen molar-refractivity contribution in [3.05, 3.63) is 58.1 Å². The first-order chi connectivity index (χ1) is 11.7. The molecule has 0 atom stereocenters. The highest BCUT2D eigenvalue weighted by atomic mass is 79.9. The number of hydrazone groups is 1. The highest BCUT2D eigenvalue weighted by Crippen LogP contribution is 2.22. The second-order valence-corrected chi connectivity index (χ2v) is 5.85. The van der Waals surface area contributed by atoms with Gasteiger partial charge in [-0.2, -0.15) is 5.10 Å². The predicted octanol–water partition coefficient (Wildman–Crippen LogP) is 4.01. The maximum atomic E-state index is 12.3. The van der Waals surface area contributed by atoms with Crippen LogP contribution in [0.25, 0.3) is 0 Å². The van der Waals surface area contributed by atoms with Crippen LogP contribution in [-0.4, -0.2) is 25.8 Å². The van der Waals surface area contributed by atoms with Crippen molar-refractivity contribution >= 4 is 28.1 Å². The minimum atomic E-state index is -0.351. The van der Waals surface area contributed by atoms with Crippen molar-refractivity contribution in [2.45, 2.75) is 13.3 Å². The van der Waals surface area contributed by atoms with Crippen LogP contribution in [0.3, 0.4) is 0 Å². The lowest BCUT2D eigenvalue weighted by Crippen LogP contribution is -2.18. The zero-order valence-corrected chi connectivity index (χ0v) is 15.2. The summed E-state index contributed by atoms with van der Waals surface area (Å²) < 4.78 is 11.6. The molecule has 6 heteroatoms. The van der Waals surface area contributed by atoms with Crippen LogP contribution in [0.1, 0.15) is 29.3 Å². The van der Waals surface area contributed by atoms with Gasteiger partial charge >= 0.3 is 0 Å². The van der Waals surface area contributed by atoms with Crippen LogP contribution >= 0.6 is 15.9 Å². The largest absolute Gasteiger partial charge is 0.496 e. The van der Waals surface area contributed by atoms with Crippen LogP contribution in [0.5, 0.6) is 11.5 Å². The molecule has 0 saturated carbocycles. The van der Waals surface area contributed by atoms with Crippen LogP contribution in [-0.2, 0) is 0 Å². The maximum absolute atomic E-state index is 12.3. The van der Waals surface area contributed by atoms with Gasteiger partial charge in [-0.15, -0.1) is 0 Å². The molecular formula is C18H19BrN2O3. The van der Waals surface area contributed by atoms with Crippen molar-refractivity contribution in [2.24, 2.45) is 5.10 Å². The monoisotopic (exact) mass is 390 g/mol. The normalized spacial score (nSPS) is 10.6. The van der Waals surface area contributed by atoms with Gasteiger partial charge in [0.25, 0.3) is 5.91 Å². The van der Waals surface area contributed by atoms with E-state index >= 15 is 0 Å². The lowest BCUT2D eigenvalue weighted by molar-refractivity contribution is 0.0952. The van der Waals surface area contributed by atoms with Crippen LogP contribution in [0.15, 0.2) is 52.0 Å². The highest BCUT2D eigenvalue weighted by molar-refractivity contribution is 9.10. The highest BCUT2D eigenvalue weighted by Gasteiger charge is 2.12. The summed E-state index contributed by atoms with van der Waals surface area (Å²) in [6.45, 7) is 2.68. The van der Waals surface area contributed by atoms with Gasteiger partial charge in [-0.3, -0.25) is 4.79 Å². The second-order valence-electron chi connectivity index (χ2n) is 4.93. The fourth-order valence-corrected chi connectivity index (χ4v) is 2.37. The molecule has 0 saturated heterocycles. The van der Waals surface area contributed by atoms with Gasteiger partial charge in [-0.1, -0.05) is 35.0 Å². The molecule has 2 aromatic carbocycles. The number of ether oxygens (including phenoxy) is 2. The number of benzene rings is 2. The molecule has 0 heterocycles. The lowest BCUT2D eigenvalue weighted by Gasteiger charge is -2.08. The minimum absolute atomic E-state index is 0.351. The Morgan fingerprint density at radius 1 is 1.25 bits per heavy atom. The third-order valence-corrected chi connectivity index (χ3v) is 3.65. The van der Waals surface area contributed by atoms with E-state index < -0.39 is 0 Å². The number of nitrogens with one attached hydrogen (secondary N) is 1. The summed E-state index contributed by atoms with van der Waals surface area (Å²) >= 11 is 3.34. The summed E-state index contributed by atoms with van der Waals surface area (Å²) in [5.41, 5.74) is 3.71. The van der Waals surface area contributed by atoms with E-state index in [0.29, 0.717) is 17.9 Å². The van der Waals surface area contributed by atoms with Crippen LogP contribution < -0.4 is 14.9 Å². The maximum Gasteiger partial charge on any atom is 0.275 e. The van der Waals surface area contributed by atoms with Crippen molar-refractivity contribution in [2.75, 3.05) is 13.7 Å². The van der Waals surface area contributed by atoms with Crippen molar-refractivity contribution in [3.8, 4) is 11.5 Å². The summed E-state index contributed by atoms with van der Waals surface area (Å²) in [6, 6.07) is 12.7. The molecule has 0 aromatic heterocycles. The third-order valence-electron chi connectivity index (χ3n) is 3.16. The first-order valence-electron chi connectivity index (χ1n) is 7.54. The van der Waals surface area contributed by atoms with Gasteiger partial charge in [0, 0.05) is 10.0 Å². The first-order valence-corrected chi connectivity index (χ1v) is 8.33. The molecular weight excluding hydrogens is 372 g/mol. The Morgan fingerprint density at radius 3 is 2.79 bits per heavy atom. The molecule has 2 aromatic rings. The molecule has 1 N–H and O–H groups in total. The van der Waals surface area contributed by atoms with Gasteiger partial charge in [0.2, 0.25) is 0 Å². The number of carbonyl (C=O) groups is 1. The standard InChI is InChI=1S/C18H19BrN2O3/c1-3-10-24-16-7-5-4-6-13(16)12-20-21-18(22)15-11-14(19)8-9-17(15)23-2/h4-9,11-12H,3,10H2,1-2H3,(H,21,22)/b20-12-. The number of methoxy groups -OCH3 is 1. The first kappa shape index (κ1) is 18.0. The van der Waals surface area contributed by atoms with Gasteiger partial charge in [0.05, 0.1) is 25.5 Å². The molecule has 5 nitrogen and oxygen atoms in total. The Bertz CT molecular complexity index is 732. The molecule has 0 aliphatic rings. The Hall–Kier alpha value is -2.34. The summed E-state index contributed by atoms with van der Waals surface area (Å²) in [4.78, 5) is 12.3. The van der Waals surface area contributed by atoms with Gasteiger partial charge in [0.1, 0.15) is 11.5 Å². The van der Waals surface area contributed by atoms with Crippen LogP contribution in [0.4, 0.5) is 0 Å². The molecule has 1 amide bonds. The number of amides is 1. The molecule has 0 aliphatic carbocycles. The average Bonchev–Trinajstić information content (AvgIpc) is 2.60. The molecule has 126 valence electrons. The fraction of sp³-hybridized carbons (Fsp3) is 0.222. The summed E-state index contributed by atoms with van der Waals surface area (Å²) in [5, 5.41) is 4.02. The van der Waals surface area contributed by atoms with Crippen molar-refractivity contribution in [1.82, 2.24) is 5.43 Å². The zero-order valence-electron chi connectivity index (χ0n) is 13.6. The summed E-state index contributed by atoms with van der Waals surface area (Å²) in [6.07, 6.45) is 2.48. The molecule has 0 radical (unpaired) electrons. The molecule has 0 fully saturated rings. The summed E-state index contributed by atoms with van der Waals surface area (Å²) in [7, 11) is 1.52. The zero-order chi connectivity index (χ0) is 17.4. The van der Waals surface area contributed by atoms with Gasteiger partial charge in [-0.25, -0.2) is 5.43 Å². The number of para-hydroxylation sites is 1. The van der Waals surface area contributed by atoms with E-state index in [9.17, 15) is 4.79 Å². The SMILES string of the molecule is CCCOc1ccccc1/C=N\NC(=O)c1cc(Br)ccc1OC. The number of hydrogen-bond acceptors (Lipinski definition) is 4. The number of rotatable bonds is 7. The molecule has 0 unspecified atom stereocenters. The Morgan fingerprint density at radius 2 is 2.04 bits per heavy atom. The molecule has 0 bridgehead atoms. The Kier molecular flexibility index (Phi) is 6.81. The molecule has 2 rings (SSSR count). The van der Waals surface area contributed by atoms with E-state index in [0.717, 1.165) is 22.2 Å². The summed E-state index contributed by atoms with van der Waals surface area (Å²) in [5.74, 6) is 0.867. The number of nitrogens with zero attached hydrogens (tertiary/aromatic N) is 1. The molecule has 0 spiro atoms. The van der Waals surface area contributed by atoms with E-state index in [4.69, 9.17) is 9.47 Å². The smallest absolute Gasteiger partial charge is 0.275 e. The van der Waals surface area contributed by atoms with E-state index in [1.54, 1.807) is 24.4 Å².